The number of aromatic hydroxyl groups is 2. The van der Waals surface area contributed by atoms with Crippen LogP contribution in [0.25, 0.3) is 0 Å². The van der Waals surface area contributed by atoms with Crippen molar-refractivity contribution >= 4 is 33.2 Å². The molecule has 0 bridgehead atoms. The molecule has 0 radical (unpaired) electrons. The molecule has 18 heavy (non-hydrogen) atoms. The van der Waals surface area contributed by atoms with Crippen LogP contribution in [0.3, 0.4) is 0 Å². The lowest BCUT2D eigenvalue weighted by Gasteiger charge is -2.10. The Morgan fingerprint density at radius 3 is 2.56 bits per heavy atom. The maximum absolute atomic E-state index is 9.65. The van der Waals surface area contributed by atoms with E-state index in [0.29, 0.717) is 17.1 Å². The number of phenolic OH excluding ortho intramolecular Hbond substituents is 2. The molecule has 0 fully saturated rings. The second kappa shape index (κ2) is 5.50. The number of halogens is 2. The molecule has 2 aromatic carbocycles. The Balaban J connectivity index is 2.11. The van der Waals surface area contributed by atoms with Gasteiger partial charge < -0.3 is 15.5 Å². The molecule has 0 unspecified atom stereocenters. The Bertz CT molecular complexity index is 523. The first-order valence-electron chi connectivity index (χ1n) is 5.26. The second-order valence-electron chi connectivity index (χ2n) is 3.79. The zero-order valence-electron chi connectivity index (χ0n) is 9.32. The fourth-order valence-electron chi connectivity index (χ4n) is 1.53. The third-order valence-electron chi connectivity index (χ3n) is 2.47. The predicted molar refractivity (Wildman–Crippen MR) is 76.3 cm³/mol. The molecule has 3 N–H and O–H groups in total. The van der Waals surface area contributed by atoms with Crippen LogP contribution in [0.4, 0.5) is 5.69 Å². The molecule has 94 valence electrons. The quantitative estimate of drug-likeness (QED) is 0.794. The molecule has 0 amide bonds. The largest absolute Gasteiger partial charge is 0.508 e. The van der Waals surface area contributed by atoms with Crippen LogP contribution in [-0.2, 0) is 6.54 Å². The van der Waals surface area contributed by atoms with E-state index in [1.54, 1.807) is 18.2 Å². The molecule has 0 aliphatic rings. The molecule has 3 nitrogen and oxygen atoms in total. The van der Waals surface area contributed by atoms with Crippen LogP contribution in [0.15, 0.2) is 40.9 Å². The molecule has 5 heteroatoms. The summed E-state index contributed by atoms with van der Waals surface area (Å²) in [6.07, 6.45) is 0. The Kier molecular flexibility index (Phi) is 3.99. The smallest absolute Gasteiger partial charge is 0.124 e. The number of hydrogen-bond acceptors (Lipinski definition) is 3. The van der Waals surface area contributed by atoms with Gasteiger partial charge in [-0.05, 0) is 46.3 Å². The van der Waals surface area contributed by atoms with Gasteiger partial charge in [0.1, 0.15) is 11.5 Å². The minimum absolute atomic E-state index is 0.0453. The van der Waals surface area contributed by atoms with E-state index >= 15 is 0 Å². The molecule has 0 spiro atoms. The van der Waals surface area contributed by atoms with Crippen molar-refractivity contribution in [3.8, 4) is 11.5 Å². The monoisotopic (exact) mass is 327 g/mol. The number of nitrogens with one attached hydrogen (secondary N) is 1. The van der Waals surface area contributed by atoms with Gasteiger partial charge in [0.15, 0.2) is 0 Å². The third-order valence-corrected chi connectivity index (χ3v) is 3.36. The van der Waals surface area contributed by atoms with Crippen LogP contribution < -0.4 is 5.32 Å². The van der Waals surface area contributed by atoms with Gasteiger partial charge in [-0.3, -0.25) is 0 Å². The van der Waals surface area contributed by atoms with Crippen molar-refractivity contribution in [1.29, 1.82) is 0 Å². The van der Waals surface area contributed by atoms with Crippen LogP contribution in [0.5, 0.6) is 11.5 Å². The van der Waals surface area contributed by atoms with Gasteiger partial charge in [0, 0.05) is 33.4 Å². The van der Waals surface area contributed by atoms with Gasteiger partial charge in [-0.15, -0.1) is 0 Å². The lowest BCUT2D eigenvalue weighted by Crippen LogP contribution is -2.00. The first-order chi connectivity index (χ1) is 8.56. The van der Waals surface area contributed by atoms with E-state index in [2.05, 4.69) is 21.2 Å². The van der Waals surface area contributed by atoms with Crippen molar-refractivity contribution in [2.45, 2.75) is 6.54 Å². The summed E-state index contributed by atoms with van der Waals surface area (Å²) < 4.78 is 0.855. The highest BCUT2D eigenvalue weighted by Gasteiger charge is 2.04. The lowest BCUT2D eigenvalue weighted by molar-refractivity contribution is 0.446. The Labute approximate surface area is 118 Å². The van der Waals surface area contributed by atoms with Gasteiger partial charge >= 0.3 is 0 Å². The van der Waals surface area contributed by atoms with Crippen molar-refractivity contribution < 1.29 is 10.2 Å². The van der Waals surface area contributed by atoms with Crippen molar-refractivity contribution in [2.75, 3.05) is 5.32 Å². The predicted octanol–water partition coefficient (Wildman–Crippen LogP) is 4.13. The first kappa shape index (κ1) is 13.1. The summed E-state index contributed by atoms with van der Waals surface area (Å²) in [6.45, 7) is 0.451. The lowest BCUT2D eigenvalue weighted by atomic mass is 10.2. The van der Waals surface area contributed by atoms with Gasteiger partial charge in [0.05, 0.1) is 0 Å². The van der Waals surface area contributed by atoms with E-state index in [9.17, 15) is 10.2 Å². The van der Waals surface area contributed by atoms with Crippen LogP contribution in [-0.4, -0.2) is 10.2 Å². The summed E-state index contributed by atoms with van der Waals surface area (Å²) >= 11 is 9.25. The van der Waals surface area contributed by atoms with Crippen molar-refractivity contribution in [2.24, 2.45) is 0 Å². The third kappa shape index (κ3) is 3.09. The molecule has 0 aliphatic carbocycles. The van der Waals surface area contributed by atoms with Gasteiger partial charge in [-0.25, -0.2) is 0 Å². The fourth-order valence-corrected chi connectivity index (χ4v) is 2.35. The van der Waals surface area contributed by atoms with Crippen molar-refractivity contribution in [3.63, 3.8) is 0 Å². The van der Waals surface area contributed by atoms with Crippen LogP contribution in [0.2, 0.25) is 5.02 Å². The first-order valence-corrected chi connectivity index (χ1v) is 6.43. The SMILES string of the molecule is Oc1ccc(CNc2ccc(Cl)cc2Br)c(O)c1. The zero-order valence-corrected chi connectivity index (χ0v) is 11.7. The Morgan fingerprint density at radius 2 is 1.89 bits per heavy atom. The summed E-state index contributed by atoms with van der Waals surface area (Å²) in [5.74, 6) is 0.108. The van der Waals surface area contributed by atoms with Crippen LogP contribution >= 0.6 is 27.5 Å². The van der Waals surface area contributed by atoms with E-state index in [4.69, 9.17) is 11.6 Å². The maximum atomic E-state index is 9.65. The molecular weight excluding hydrogens is 318 g/mol. The highest BCUT2D eigenvalue weighted by atomic mass is 79.9. The standard InChI is InChI=1S/C13H11BrClNO2/c14-11-5-9(15)2-4-12(11)16-7-8-1-3-10(17)6-13(8)18/h1-6,16-18H,7H2. The number of anilines is 1. The molecule has 0 saturated carbocycles. The molecule has 0 aromatic heterocycles. The van der Waals surface area contributed by atoms with E-state index in [1.807, 2.05) is 6.07 Å². The summed E-state index contributed by atoms with van der Waals surface area (Å²) in [7, 11) is 0. The maximum Gasteiger partial charge on any atom is 0.124 e. The minimum atomic E-state index is 0.0453. The fraction of sp³-hybridized carbons (Fsp3) is 0.0769. The molecule has 2 aromatic rings. The summed E-state index contributed by atoms with van der Waals surface area (Å²) in [4.78, 5) is 0. The topological polar surface area (TPSA) is 52.5 Å². The number of benzene rings is 2. The highest BCUT2D eigenvalue weighted by molar-refractivity contribution is 9.10. The number of rotatable bonds is 3. The number of phenols is 2. The van der Waals surface area contributed by atoms with Crippen LogP contribution in [0.1, 0.15) is 5.56 Å². The summed E-state index contributed by atoms with van der Waals surface area (Å²) in [5.41, 5.74) is 1.58. The van der Waals surface area contributed by atoms with Gasteiger partial charge in [-0.1, -0.05) is 11.6 Å². The molecule has 0 aliphatic heterocycles. The highest BCUT2D eigenvalue weighted by Crippen LogP contribution is 2.28. The van der Waals surface area contributed by atoms with E-state index in [-0.39, 0.29) is 11.5 Å². The molecule has 2 rings (SSSR count). The minimum Gasteiger partial charge on any atom is -0.508 e. The number of hydrogen-bond donors (Lipinski definition) is 3. The Hall–Kier alpha value is -1.39. The van der Waals surface area contributed by atoms with E-state index in [1.165, 1.54) is 12.1 Å². The molecule has 0 atom stereocenters. The molecule has 0 saturated heterocycles. The average Bonchev–Trinajstić information content (AvgIpc) is 2.30. The van der Waals surface area contributed by atoms with Gasteiger partial charge in [-0.2, -0.15) is 0 Å². The van der Waals surface area contributed by atoms with E-state index < -0.39 is 0 Å². The van der Waals surface area contributed by atoms with Crippen LogP contribution in [0, 0.1) is 0 Å². The van der Waals surface area contributed by atoms with Crippen molar-refractivity contribution in [1.82, 2.24) is 0 Å². The summed E-state index contributed by atoms with van der Waals surface area (Å²) in [5, 5.41) is 22.7. The normalized spacial score (nSPS) is 10.3. The van der Waals surface area contributed by atoms with Gasteiger partial charge in [0.2, 0.25) is 0 Å². The average molecular weight is 329 g/mol. The zero-order chi connectivity index (χ0) is 13.1. The summed E-state index contributed by atoms with van der Waals surface area (Å²) in [6, 6.07) is 9.94. The molecule has 0 heterocycles. The second-order valence-corrected chi connectivity index (χ2v) is 5.08. The van der Waals surface area contributed by atoms with Crippen molar-refractivity contribution in [3.05, 3.63) is 51.5 Å². The van der Waals surface area contributed by atoms with Gasteiger partial charge in [0.25, 0.3) is 0 Å². The molecular formula is C13H11BrClNO2. The Morgan fingerprint density at radius 1 is 1.11 bits per heavy atom. The van der Waals surface area contributed by atoms with E-state index in [0.717, 1.165) is 10.2 Å².